The number of sulfone groups is 1. The van der Waals surface area contributed by atoms with E-state index in [1.54, 1.807) is 12.1 Å². The van der Waals surface area contributed by atoms with Gasteiger partial charge < -0.3 is 0 Å². The van der Waals surface area contributed by atoms with Crippen LogP contribution in [0.3, 0.4) is 0 Å². The quantitative estimate of drug-likeness (QED) is 0.907. The van der Waals surface area contributed by atoms with E-state index < -0.39 is 15.4 Å². The standard InChI is InChI=1S/C10H7BrN2O3S/c11-7-2-1-3-8(6-7)17(15,16)10-5-4-9(14)12-13-10/h1-6H,(H,12,14). The summed E-state index contributed by atoms with van der Waals surface area (Å²) in [6.45, 7) is 0. The number of benzene rings is 1. The zero-order chi connectivity index (χ0) is 12.5. The minimum atomic E-state index is -3.69. The molecule has 0 atom stereocenters. The highest BCUT2D eigenvalue weighted by atomic mass is 79.9. The van der Waals surface area contributed by atoms with Crippen molar-refractivity contribution in [3.63, 3.8) is 0 Å². The van der Waals surface area contributed by atoms with E-state index in [-0.39, 0.29) is 9.92 Å². The number of nitrogens with one attached hydrogen (secondary N) is 1. The molecular formula is C10H7BrN2O3S. The van der Waals surface area contributed by atoms with E-state index in [9.17, 15) is 13.2 Å². The van der Waals surface area contributed by atoms with E-state index in [1.807, 2.05) is 0 Å². The molecule has 0 fully saturated rings. The molecule has 0 aliphatic carbocycles. The molecule has 0 saturated carbocycles. The molecule has 0 spiro atoms. The maximum atomic E-state index is 12.1. The second-order valence-electron chi connectivity index (χ2n) is 3.22. The molecular weight excluding hydrogens is 308 g/mol. The second kappa shape index (κ2) is 4.42. The van der Waals surface area contributed by atoms with E-state index in [2.05, 4.69) is 26.1 Å². The summed E-state index contributed by atoms with van der Waals surface area (Å²) in [7, 11) is -3.69. The van der Waals surface area contributed by atoms with Gasteiger partial charge in [0, 0.05) is 10.5 Å². The highest BCUT2D eigenvalue weighted by Crippen LogP contribution is 2.21. The average molecular weight is 315 g/mol. The van der Waals surface area contributed by atoms with Crippen LogP contribution in [0.2, 0.25) is 0 Å². The van der Waals surface area contributed by atoms with Gasteiger partial charge >= 0.3 is 0 Å². The SMILES string of the molecule is O=c1ccc(S(=O)(=O)c2cccc(Br)c2)n[nH]1. The molecule has 17 heavy (non-hydrogen) atoms. The Balaban J connectivity index is 2.57. The lowest BCUT2D eigenvalue weighted by Gasteiger charge is -2.02. The van der Waals surface area contributed by atoms with Crippen molar-refractivity contribution in [1.82, 2.24) is 10.2 Å². The van der Waals surface area contributed by atoms with E-state index in [4.69, 9.17) is 0 Å². The van der Waals surface area contributed by atoms with Gasteiger partial charge in [-0.3, -0.25) is 4.79 Å². The van der Waals surface area contributed by atoms with Gasteiger partial charge in [-0.15, -0.1) is 0 Å². The Hall–Kier alpha value is -1.47. The molecule has 2 aromatic rings. The number of hydrogen-bond acceptors (Lipinski definition) is 4. The number of nitrogens with zero attached hydrogens (tertiary/aromatic N) is 1. The van der Waals surface area contributed by atoms with Crippen LogP contribution in [0.1, 0.15) is 0 Å². The molecule has 1 aromatic heterocycles. The average Bonchev–Trinajstić information content (AvgIpc) is 2.29. The summed E-state index contributed by atoms with van der Waals surface area (Å²) >= 11 is 3.20. The van der Waals surface area contributed by atoms with Crippen molar-refractivity contribution in [2.45, 2.75) is 9.92 Å². The molecule has 1 aromatic carbocycles. The molecule has 7 heteroatoms. The number of rotatable bonds is 2. The number of halogens is 1. The first-order valence-corrected chi connectivity index (χ1v) is 6.84. The zero-order valence-electron chi connectivity index (χ0n) is 8.42. The Labute approximate surface area is 106 Å². The van der Waals surface area contributed by atoms with Crippen molar-refractivity contribution in [2.24, 2.45) is 0 Å². The van der Waals surface area contributed by atoms with Gasteiger partial charge in [0.05, 0.1) is 4.90 Å². The van der Waals surface area contributed by atoms with Gasteiger partial charge in [-0.05, 0) is 24.3 Å². The third-order valence-electron chi connectivity index (χ3n) is 2.04. The van der Waals surface area contributed by atoms with E-state index in [1.165, 1.54) is 18.2 Å². The van der Waals surface area contributed by atoms with Crippen molar-refractivity contribution in [3.8, 4) is 0 Å². The highest BCUT2D eigenvalue weighted by molar-refractivity contribution is 9.10. The van der Waals surface area contributed by atoms with E-state index in [0.29, 0.717) is 4.47 Å². The molecule has 0 aliphatic heterocycles. The third-order valence-corrected chi connectivity index (χ3v) is 4.18. The molecule has 0 radical (unpaired) electrons. The largest absolute Gasteiger partial charge is 0.268 e. The maximum absolute atomic E-state index is 12.1. The zero-order valence-corrected chi connectivity index (χ0v) is 10.8. The predicted molar refractivity (Wildman–Crippen MR) is 64.5 cm³/mol. The lowest BCUT2D eigenvalue weighted by atomic mass is 10.4. The van der Waals surface area contributed by atoms with Crippen LogP contribution in [0.5, 0.6) is 0 Å². The summed E-state index contributed by atoms with van der Waals surface area (Å²) in [4.78, 5) is 10.9. The summed E-state index contributed by atoms with van der Waals surface area (Å²) in [5.41, 5.74) is -0.446. The van der Waals surface area contributed by atoms with Crippen molar-refractivity contribution >= 4 is 25.8 Å². The monoisotopic (exact) mass is 314 g/mol. The highest BCUT2D eigenvalue weighted by Gasteiger charge is 2.19. The van der Waals surface area contributed by atoms with Crippen molar-refractivity contribution < 1.29 is 8.42 Å². The van der Waals surface area contributed by atoms with Crippen LogP contribution in [0, 0.1) is 0 Å². The van der Waals surface area contributed by atoms with E-state index >= 15 is 0 Å². The summed E-state index contributed by atoms with van der Waals surface area (Å²) in [5, 5.41) is 5.42. The molecule has 0 saturated heterocycles. The van der Waals surface area contributed by atoms with Gasteiger partial charge in [0.15, 0.2) is 5.03 Å². The smallest absolute Gasteiger partial charge is 0.264 e. The fraction of sp³-hybridized carbons (Fsp3) is 0. The van der Waals surface area contributed by atoms with Gasteiger partial charge in [-0.1, -0.05) is 22.0 Å². The molecule has 1 heterocycles. The Morgan fingerprint density at radius 2 is 1.94 bits per heavy atom. The molecule has 0 aliphatic rings. The molecule has 88 valence electrons. The summed E-state index contributed by atoms with van der Waals surface area (Å²) in [6.07, 6.45) is 0. The van der Waals surface area contributed by atoms with Crippen LogP contribution in [-0.4, -0.2) is 18.6 Å². The predicted octanol–water partition coefficient (Wildman–Crippen LogP) is 1.37. The molecule has 0 unspecified atom stereocenters. The minimum Gasteiger partial charge on any atom is -0.268 e. The summed E-state index contributed by atoms with van der Waals surface area (Å²) in [6, 6.07) is 8.57. The number of hydrogen-bond donors (Lipinski definition) is 1. The first-order valence-electron chi connectivity index (χ1n) is 4.56. The molecule has 0 amide bonds. The Kier molecular flexibility index (Phi) is 3.12. The van der Waals surface area contributed by atoms with Crippen LogP contribution in [0.25, 0.3) is 0 Å². The lowest BCUT2D eigenvalue weighted by molar-refractivity contribution is 0.589. The van der Waals surface area contributed by atoms with Crippen LogP contribution in [0.15, 0.2) is 55.6 Å². The van der Waals surface area contributed by atoms with Gasteiger partial charge in [0.2, 0.25) is 9.84 Å². The minimum absolute atomic E-state index is 0.117. The molecule has 2 rings (SSSR count). The van der Waals surface area contributed by atoms with E-state index in [0.717, 1.165) is 6.07 Å². The fourth-order valence-electron chi connectivity index (χ4n) is 1.24. The summed E-state index contributed by atoms with van der Waals surface area (Å²) in [5.74, 6) is 0. The fourth-order valence-corrected chi connectivity index (χ4v) is 2.98. The third kappa shape index (κ3) is 2.45. The first-order chi connectivity index (χ1) is 8.00. The van der Waals surface area contributed by atoms with Gasteiger partial charge in [0.25, 0.3) is 5.56 Å². The van der Waals surface area contributed by atoms with Crippen LogP contribution >= 0.6 is 15.9 Å². The molecule has 1 N–H and O–H groups in total. The van der Waals surface area contributed by atoms with Crippen molar-refractivity contribution in [2.75, 3.05) is 0 Å². The lowest BCUT2D eigenvalue weighted by Crippen LogP contribution is -2.11. The molecule has 0 bridgehead atoms. The van der Waals surface area contributed by atoms with Gasteiger partial charge in [-0.25, -0.2) is 13.5 Å². The van der Waals surface area contributed by atoms with Crippen molar-refractivity contribution in [1.29, 1.82) is 0 Å². The maximum Gasteiger partial charge on any atom is 0.264 e. The Bertz CT molecular complexity index is 689. The van der Waals surface area contributed by atoms with Crippen molar-refractivity contribution in [3.05, 3.63) is 51.2 Å². The Morgan fingerprint density at radius 1 is 1.18 bits per heavy atom. The van der Waals surface area contributed by atoms with Crippen LogP contribution < -0.4 is 5.56 Å². The second-order valence-corrected chi connectivity index (χ2v) is 6.03. The molecule has 5 nitrogen and oxygen atoms in total. The summed E-state index contributed by atoms with van der Waals surface area (Å²) < 4.78 is 24.8. The van der Waals surface area contributed by atoms with Gasteiger partial charge in [0.1, 0.15) is 0 Å². The van der Waals surface area contributed by atoms with Crippen LogP contribution in [0.4, 0.5) is 0 Å². The number of aromatic nitrogens is 2. The number of H-pyrrole nitrogens is 1. The first kappa shape index (κ1) is 12.0. The topological polar surface area (TPSA) is 79.9 Å². The normalized spacial score (nSPS) is 11.4. The van der Waals surface area contributed by atoms with Gasteiger partial charge in [-0.2, -0.15) is 5.10 Å². The number of aromatic amines is 1. The Morgan fingerprint density at radius 3 is 2.53 bits per heavy atom. The van der Waals surface area contributed by atoms with Crippen LogP contribution in [-0.2, 0) is 9.84 Å².